The number of ether oxygens (including phenoxy) is 2. The number of halogens is 3. The van der Waals surface area contributed by atoms with Crippen molar-refractivity contribution >= 4 is 45.1 Å². The Bertz CT molecular complexity index is 1940. The SMILES string of the molecule is CC(C)n1c(O[C@@H]2C[C@H]3C(=O)N[C@]4(C(=O)NS(=O)(=O)N(C)C)C[C@@H]4/C=C\CCCCC[C@H](NC(=O)OC(C)(C)C)C(=O)N3C2)nc2c(C(F)(F)F)cccc21. The minimum absolute atomic E-state index is 0.0907. The van der Waals surface area contributed by atoms with Crippen molar-refractivity contribution < 1.29 is 50.2 Å². The van der Waals surface area contributed by atoms with Gasteiger partial charge in [0.1, 0.15) is 34.8 Å². The Balaban J connectivity index is 1.52. The van der Waals surface area contributed by atoms with Crippen molar-refractivity contribution in [1.82, 2.24) is 34.1 Å². The Kier molecular flexibility index (Phi) is 11.9. The number of allylic oxidation sites excluding steroid dienone is 1. The van der Waals surface area contributed by atoms with Crippen LogP contribution in [0.3, 0.4) is 0 Å². The summed E-state index contributed by atoms with van der Waals surface area (Å²) >= 11 is 0. The molecule has 1 saturated carbocycles. The van der Waals surface area contributed by atoms with Gasteiger partial charge < -0.3 is 25.0 Å². The molecule has 2 aromatic rings. The van der Waals surface area contributed by atoms with Crippen molar-refractivity contribution in [2.75, 3.05) is 20.6 Å². The molecule has 3 aliphatic rings. The summed E-state index contributed by atoms with van der Waals surface area (Å²) in [5.41, 5.74) is -3.63. The summed E-state index contributed by atoms with van der Waals surface area (Å²) in [5.74, 6) is -2.92. The van der Waals surface area contributed by atoms with E-state index < -0.39 is 87.1 Å². The average molecular weight is 798 g/mol. The number of amides is 4. The number of benzene rings is 1. The molecule has 15 nitrogen and oxygen atoms in total. The number of imidazole rings is 1. The molecule has 55 heavy (non-hydrogen) atoms. The maximum atomic E-state index is 14.4. The van der Waals surface area contributed by atoms with Crippen LogP contribution in [0.1, 0.15) is 91.2 Å². The summed E-state index contributed by atoms with van der Waals surface area (Å²) in [6.45, 7) is 8.28. The number of alkyl halides is 3. The highest BCUT2D eigenvalue weighted by atomic mass is 32.2. The maximum absolute atomic E-state index is 14.4. The number of rotatable bonds is 7. The van der Waals surface area contributed by atoms with E-state index >= 15 is 0 Å². The number of para-hydroxylation sites is 1. The molecule has 1 aromatic heterocycles. The van der Waals surface area contributed by atoms with Crippen molar-refractivity contribution in [1.29, 1.82) is 0 Å². The molecule has 0 radical (unpaired) electrons. The zero-order valence-corrected chi connectivity index (χ0v) is 32.8. The fraction of sp³-hybridized carbons (Fsp3) is 0.639. The molecular weight excluding hydrogens is 747 g/mol. The minimum Gasteiger partial charge on any atom is -0.459 e. The van der Waals surface area contributed by atoms with E-state index in [1.807, 2.05) is 10.8 Å². The molecule has 3 heterocycles. The number of hydrogen-bond acceptors (Lipinski definition) is 9. The van der Waals surface area contributed by atoms with Crippen molar-refractivity contribution in [2.24, 2.45) is 5.92 Å². The summed E-state index contributed by atoms with van der Waals surface area (Å²) in [6, 6.07) is 0.714. The van der Waals surface area contributed by atoms with Gasteiger partial charge in [0.05, 0.1) is 17.6 Å². The van der Waals surface area contributed by atoms with Gasteiger partial charge in [-0.3, -0.25) is 19.0 Å². The van der Waals surface area contributed by atoms with E-state index in [9.17, 15) is 40.8 Å². The second kappa shape index (κ2) is 15.6. The van der Waals surface area contributed by atoms with Crippen LogP contribution in [0, 0.1) is 5.92 Å². The van der Waals surface area contributed by atoms with Crippen LogP contribution in [0.25, 0.3) is 11.0 Å². The molecule has 5 rings (SSSR count). The Morgan fingerprint density at radius 3 is 2.45 bits per heavy atom. The van der Waals surface area contributed by atoms with E-state index in [1.165, 1.54) is 35.7 Å². The van der Waals surface area contributed by atoms with Crippen LogP contribution in [0.4, 0.5) is 18.0 Å². The monoisotopic (exact) mass is 797 g/mol. The second-order valence-electron chi connectivity index (χ2n) is 15.8. The number of hydrogen-bond donors (Lipinski definition) is 3. The smallest absolute Gasteiger partial charge is 0.418 e. The van der Waals surface area contributed by atoms with Crippen LogP contribution in [0.15, 0.2) is 30.4 Å². The minimum atomic E-state index is -4.70. The average Bonchev–Trinajstić information content (AvgIpc) is 3.38. The Hall–Kier alpha value is -4.39. The quantitative estimate of drug-likeness (QED) is 0.346. The predicted molar refractivity (Wildman–Crippen MR) is 195 cm³/mol. The molecule has 5 atom stereocenters. The lowest BCUT2D eigenvalue weighted by Crippen LogP contribution is -2.58. The number of carbonyl (C=O) groups excluding carboxylic acids is 4. The third-order valence-electron chi connectivity index (χ3n) is 9.82. The summed E-state index contributed by atoms with van der Waals surface area (Å²) in [5, 5.41) is 5.40. The highest BCUT2D eigenvalue weighted by Gasteiger charge is 2.62. The molecule has 4 amide bonds. The zero-order chi connectivity index (χ0) is 40.7. The van der Waals surface area contributed by atoms with Crippen LogP contribution >= 0.6 is 0 Å². The van der Waals surface area contributed by atoms with Crippen molar-refractivity contribution in [3.05, 3.63) is 35.9 Å². The molecule has 1 saturated heterocycles. The third kappa shape index (κ3) is 9.36. The van der Waals surface area contributed by atoms with Gasteiger partial charge in [0.25, 0.3) is 11.9 Å². The van der Waals surface area contributed by atoms with Gasteiger partial charge in [-0.1, -0.05) is 31.1 Å². The van der Waals surface area contributed by atoms with Gasteiger partial charge in [0, 0.05) is 32.5 Å². The van der Waals surface area contributed by atoms with Crippen molar-refractivity contribution in [2.45, 2.75) is 121 Å². The van der Waals surface area contributed by atoms with E-state index in [-0.39, 0.29) is 42.9 Å². The van der Waals surface area contributed by atoms with Crippen LogP contribution < -0.4 is 20.1 Å². The van der Waals surface area contributed by atoms with E-state index in [2.05, 4.69) is 15.6 Å². The van der Waals surface area contributed by atoms with Crippen LogP contribution in [0.5, 0.6) is 6.01 Å². The van der Waals surface area contributed by atoms with Crippen LogP contribution in [0.2, 0.25) is 0 Å². The summed E-state index contributed by atoms with van der Waals surface area (Å²) < 4.78 is 83.4. The Labute approximate surface area is 318 Å². The number of aromatic nitrogens is 2. The van der Waals surface area contributed by atoms with Gasteiger partial charge in [-0.05, 0) is 72.4 Å². The topological polar surface area (TPSA) is 181 Å². The molecule has 1 aromatic carbocycles. The zero-order valence-electron chi connectivity index (χ0n) is 32.0. The summed E-state index contributed by atoms with van der Waals surface area (Å²) in [7, 11) is -1.75. The van der Waals surface area contributed by atoms with Gasteiger partial charge in [0.2, 0.25) is 11.8 Å². The molecule has 3 N–H and O–H groups in total. The lowest BCUT2D eigenvalue weighted by Gasteiger charge is -2.30. The third-order valence-corrected chi connectivity index (χ3v) is 11.2. The largest absolute Gasteiger partial charge is 0.459 e. The first-order valence-electron chi connectivity index (χ1n) is 18.3. The number of nitrogens with one attached hydrogen (secondary N) is 3. The highest BCUT2D eigenvalue weighted by Crippen LogP contribution is 2.46. The van der Waals surface area contributed by atoms with Crippen molar-refractivity contribution in [3.63, 3.8) is 0 Å². The summed E-state index contributed by atoms with van der Waals surface area (Å²) in [6.07, 6.45) is -0.210. The number of nitrogens with zero attached hydrogens (tertiary/aromatic N) is 4. The van der Waals surface area contributed by atoms with E-state index in [4.69, 9.17) is 9.47 Å². The normalized spacial score (nSPS) is 26.1. The van der Waals surface area contributed by atoms with E-state index in [1.54, 1.807) is 40.7 Å². The molecule has 0 unspecified atom stereocenters. The Morgan fingerprint density at radius 1 is 1.11 bits per heavy atom. The van der Waals surface area contributed by atoms with Crippen LogP contribution in [-0.4, -0.2) is 101 Å². The summed E-state index contributed by atoms with van der Waals surface area (Å²) in [4.78, 5) is 60.8. The predicted octanol–water partition coefficient (Wildman–Crippen LogP) is 4.20. The molecule has 0 bridgehead atoms. The van der Waals surface area contributed by atoms with Gasteiger partial charge in [-0.15, -0.1) is 0 Å². The molecule has 1 aliphatic carbocycles. The van der Waals surface area contributed by atoms with Gasteiger partial charge in [-0.2, -0.15) is 30.9 Å². The first-order chi connectivity index (χ1) is 25.5. The number of fused-ring (bicyclic) bond motifs is 3. The van der Waals surface area contributed by atoms with Gasteiger partial charge in [0.15, 0.2) is 0 Å². The number of alkyl carbamates (subject to hydrolysis) is 1. The molecular formula is C36H50F3N7O8S. The van der Waals surface area contributed by atoms with Crippen LogP contribution in [-0.2, 0) is 35.5 Å². The van der Waals surface area contributed by atoms with Gasteiger partial charge in [-0.25, -0.2) is 9.52 Å². The molecule has 2 aliphatic heterocycles. The molecule has 0 spiro atoms. The van der Waals surface area contributed by atoms with E-state index in [0.717, 1.165) is 10.4 Å². The van der Waals surface area contributed by atoms with Crippen molar-refractivity contribution in [3.8, 4) is 6.01 Å². The molecule has 304 valence electrons. The highest BCUT2D eigenvalue weighted by molar-refractivity contribution is 7.87. The van der Waals surface area contributed by atoms with Gasteiger partial charge >= 0.3 is 22.5 Å². The second-order valence-corrected chi connectivity index (χ2v) is 17.7. The fourth-order valence-corrected chi connectivity index (χ4v) is 7.57. The first kappa shape index (κ1) is 41.8. The molecule has 2 fully saturated rings. The lowest BCUT2D eigenvalue weighted by molar-refractivity contribution is -0.141. The Morgan fingerprint density at radius 2 is 1.82 bits per heavy atom. The standard InChI is InChI=1S/C36H50F3N7O8S/c1-21(2)46-26-17-13-15-24(36(37,38)39)28(26)41-32(46)53-23-18-27-29(47)42-35(31(49)43-55(51,52)44(6)7)19-22(35)14-11-9-8-10-12-16-25(30(48)45(27)20-23)40-33(50)54-34(3,4)5/h11,13-15,17,21-23,25,27H,8-10,12,16,18-20H2,1-7H3,(H,40,50)(H,42,47)(H,43,49)/b14-11-/t22-,23+,25-,27-,35+/m0/s1. The maximum Gasteiger partial charge on any atom is 0.418 e. The lowest BCUT2D eigenvalue weighted by atomic mass is 10.0. The fourth-order valence-electron chi connectivity index (χ4n) is 6.97. The van der Waals surface area contributed by atoms with E-state index in [0.29, 0.717) is 25.7 Å². The first-order valence-corrected chi connectivity index (χ1v) is 19.8. The molecule has 19 heteroatoms. The number of carbonyl (C=O) groups is 4.